The fraction of sp³-hybridized carbons (Fsp3) is 0.0769. The molecule has 0 heterocycles. The Morgan fingerprint density at radius 3 is 1.63 bits per heavy atom. The zero-order valence-electron chi connectivity index (χ0n) is 14.8. The van der Waals surface area contributed by atoms with Crippen LogP contribution in [0.3, 0.4) is 0 Å². The van der Waals surface area contributed by atoms with Crippen LogP contribution in [0, 0.1) is 0 Å². The molecule has 0 atom stereocenters. The lowest BCUT2D eigenvalue weighted by Crippen LogP contribution is -2.01. The molecule has 5 aromatic carbocycles. The number of hydrogen-bond acceptors (Lipinski definition) is 0. The minimum Gasteiger partial charge on any atom is -0.0891 e. The third kappa shape index (κ3) is 2.05. The van der Waals surface area contributed by atoms with Gasteiger partial charge >= 0.3 is 0 Å². The van der Waals surface area contributed by atoms with Gasteiger partial charge in [0.1, 0.15) is 0 Å². The molecule has 1 aliphatic carbocycles. The molecule has 0 unspecified atom stereocenters. The number of benzene rings is 5. The molecule has 0 saturated heterocycles. The molecule has 1 aliphatic rings. The Morgan fingerprint density at radius 1 is 0.519 bits per heavy atom. The molecule has 0 aromatic heterocycles. The molecule has 6 rings (SSSR count). The third-order valence-corrected chi connectivity index (χ3v) is 6.26. The van der Waals surface area contributed by atoms with Gasteiger partial charge in [0, 0.05) is 5.03 Å². The predicted molar refractivity (Wildman–Crippen MR) is 119 cm³/mol. The smallest absolute Gasteiger partial charge is 0.0190 e. The van der Waals surface area contributed by atoms with Crippen molar-refractivity contribution < 1.29 is 0 Å². The monoisotopic (exact) mass is 364 g/mol. The van der Waals surface area contributed by atoms with E-state index in [0.29, 0.717) is 0 Å². The molecule has 1 heteroatoms. The number of rotatable bonds is 0. The number of aryl methyl sites for hydroxylation is 1. The van der Waals surface area contributed by atoms with Crippen LogP contribution in [0.5, 0.6) is 0 Å². The first-order chi connectivity index (χ1) is 13.3. The van der Waals surface area contributed by atoms with Crippen molar-refractivity contribution in [3.05, 3.63) is 89.0 Å². The van der Waals surface area contributed by atoms with Crippen LogP contribution in [0.25, 0.3) is 49.2 Å². The molecule has 0 saturated carbocycles. The molecule has 0 nitrogen and oxygen atoms in total. The average Bonchev–Trinajstić information content (AvgIpc) is 2.73. The van der Waals surface area contributed by atoms with Gasteiger partial charge in [-0.3, -0.25) is 0 Å². The van der Waals surface area contributed by atoms with Gasteiger partial charge in [-0.15, -0.1) is 0 Å². The van der Waals surface area contributed by atoms with Gasteiger partial charge in [0.05, 0.1) is 0 Å². The fourth-order valence-corrected chi connectivity index (χ4v) is 5.07. The van der Waals surface area contributed by atoms with Crippen LogP contribution in [0.15, 0.2) is 77.8 Å². The quantitative estimate of drug-likeness (QED) is 0.246. The Hall–Kier alpha value is -2.83. The molecule has 0 spiro atoms. The second kappa shape index (κ2) is 5.58. The summed E-state index contributed by atoms with van der Waals surface area (Å²) in [7, 11) is 0. The molecule has 0 N–H and O–H groups in total. The van der Waals surface area contributed by atoms with E-state index < -0.39 is 0 Å². The number of allylic oxidation sites excluding steroid dienone is 1. The molecule has 0 fully saturated rings. The van der Waals surface area contributed by atoms with Gasteiger partial charge in [-0.2, -0.15) is 0 Å². The Labute approximate surface area is 162 Å². The second-order valence-corrected chi connectivity index (χ2v) is 7.86. The van der Waals surface area contributed by atoms with Crippen molar-refractivity contribution in [1.29, 1.82) is 0 Å². The number of fused-ring (bicyclic) bond motifs is 11. The van der Waals surface area contributed by atoms with Crippen molar-refractivity contribution in [3.63, 3.8) is 0 Å². The van der Waals surface area contributed by atoms with E-state index in [-0.39, 0.29) is 0 Å². The van der Waals surface area contributed by atoms with Gasteiger partial charge in [-0.25, -0.2) is 0 Å². The molecule has 27 heavy (non-hydrogen) atoms. The van der Waals surface area contributed by atoms with Crippen molar-refractivity contribution in [3.8, 4) is 0 Å². The summed E-state index contributed by atoms with van der Waals surface area (Å²) >= 11 is 6.47. The highest BCUT2D eigenvalue weighted by atomic mass is 35.5. The summed E-state index contributed by atoms with van der Waals surface area (Å²) in [4.78, 5) is 0. The lowest BCUT2D eigenvalue weighted by Gasteiger charge is -2.22. The first-order valence-corrected chi connectivity index (χ1v) is 9.83. The minimum atomic E-state index is 0.920. The summed E-state index contributed by atoms with van der Waals surface area (Å²) in [6, 6.07) is 26.4. The fourth-order valence-electron chi connectivity index (χ4n) is 4.87. The summed E-state index contributed by atoms with van der Waals surface area (Å²) in [5.74, 6) is 0. The Bertz CT molecular complexity index is 1420. The van der Waals surface area contributed by atoms with Crippen LogP contribution in [0.1, 0.15) is 17.5 Å². The highest BCUT2D eigenvalue weighted by Gasteiger charge is 2.20. The first kappa shape index (κ1) is 15.2. The van der Waals surface area contributed by atoms with Gasteiger partial charge in [0.25, 0.3) is 0 Å². The summed E-state index contributed by atoms with van der Waals surface area (Å²) in [5.41, 5.74) is 2.74. The SMILES string of the molecule is ClC1=Cc2c(c3c4ccccc4c4ccccc4c3c3ccccc23)CC1. The highest BCUT2D eigenvalue weighted by molar-refractivity contribution is 6.35. The number of hydrogen-bond donors (Lipinski definition) is 0. The normalized spacial score (nSPS) is 14.0. The van der Waals surface area contributed by atoms with Crippen LogP contribution in [-0.2, 0) is 6.42 Å². The van der Waals surface area contributed by atoms with Crippen molar-refractivity contribution in [2.75, 3.05) is 0 Å². The minimum absolute atomic E-state index is 0.920. The topological polar surface area (TPSA) is 0 Å². The van der Waals surface area contributed by atoms with E-state index in [1.165, 1.54) is 54.2 Å². The molecule has 0 amide bonds. The predicted octanol–water partition coefficient (Wildman–Crippen LogP) is 7.83. The highest BCUT2D eigenvalue weighted by Crippen LogP contribution is 2.45. The maximum Gasteiger partial charge on any atom is 0.0190 e. The van der Waals surface area contributed by atoms with E-state index in [0.717, 1.165) is 17.9 Å². The maximum atomic E-state index is 6.47. The Morgan fingerprint density at radius 2 is 1.00 bits per heavy atom. The van der Waals surface area contributed by atoms with Gasteiger partial charge in [-0.05, 0) is 73.1 Å². The van der Waals surface area contributed by atoms with E-state index in [1.54, 1.807) is 0 Å². The average molecular weight is 365 g/mol. The van der Waals surface area contributed by atoms with Crippen LogP contribution >= 0.6 is 11.6 Å². The summed E-state index contributed by atoms with van der Waals surface area (Å²) in [5, 5.41) is 11.7. The third-order valence-electron chi connectivity index (χ3n) is 5.96. The van der Waals surface area contributed by atoms with E-state index in [2.05, 4.69) is 78.9 Å². The van der Waals surface area contributed by atoms with Crippen molar-refractivity contribution in [2.24, 2.45) is 0 Å². The molecule has 0 bridgehead atoms. The van der Waals surface area contributed by atoms with Crippen LogP contribution in [0.2, 0.25) is 0 Å². The van der Waals surface area contributed by atoms with Crippen LogP contribution in [0.4, 0.5) is 0 Å². The second-order valence-electron chi connectivity index (χ2n) is 7.37. The maximum absolute atomic E-state index is 6.47. The summed E-state index contributed by atoms with van der Waals surface area (Å²) < 4.78 is 0. The van der Waals surface area contributed by atoms with Crippen molar-refractivity contribution in [1.82, 2.24) is 0 Å². The lowest BCUT2D eigenvalue weighted by atomic mass is 9.82. The van der Waals surface area contributed by atoms with E-state index in [1.807, 2.05) is 0 Å². The molecule has 5 aromatic rings. The lowest BCUT2D eigenvalue weighted by molar-refractivity contribution is 0.985. The Balaban J connectivity index is 2.05. The van der Waals surface area contributed by atoms with E-state index in [4.69, 9.17) is 11.6 Å². The first-order valence-electron chi connectivity index (χ1n) is 9.46. The largest absolute Gasteiger partial charge is 0.0891 e. The van der Waals surface area contributed by atoms with Gasteiger partial charge < -0.3 is 0 Å². The van der Waals surface area contributed by atoms with E-state index in [9.17, 15) is 0 Å². The number of halogens is 1. The Kier molecular flexibility index (Phi) is 3.15. The van der Waals surface area contributed by atoms with Crippen molar-refractivity contribution in [2.45, 2.75) is 12.8 Å². The van der Waals surface area contributed by atoms with Crippen LogP contribution in [-0.4, -0.2) is 0 Å². The summed E-state index contributed by atoms with van der Waals surface area (Å²) in [6.07, 6.45) is 4.10. The molecule has 128 valence electrons. The molecule has 0 radical (unpaired) electrons. The molecular formula is C26H17Cl. The van der Waals surface area contributed by atoms with Crippen LogP contribution < -0.4 is 0 Å². The molecule has 0 aliphatic heterocycles. The zero-order valence-corrected chi connectivity index (χ0v) is 15.6. The van der Waals surface area contributed by atoms with Gasteiger partial charge in [-0.1, -0.05) is 84.4 Å². The standard InChI is InChI=1S/C26H17Cl/c27-16-13-14-23-24(15-16)19-9-3-6-12-22(19)25-20-10-4-1-7-17(20)18-8-2-5-11-21(18)26(23)25/h1-12,15H,13-14H2. The van der Waals surface area contributed by atoms with Crippen molar-refractivity contribution >= 4 is 60.8 Å². The molecular weight excluding hydrogens is 348 g/mol. The van der Waals surface area contributed by atoms with E-state index >= 15 is 0 Å². The van der Waals surface area contributed by atoms with Gasteiger partial charge in [0.15, 0.2) is 0 Å². The van der Waals surface area contributed by atoms with Gasteiger partial charge in [0.2, 0.25) is 0 Å². The summed E-state index contributed by atoms with van der Waals surface area (Å²) in [6.45, 7) is 0. The zero-order chi connectivity index (χ0) is 18.0.